The van der Waals surface area contributed by atoms with Gasteiger partial charge in [-0.2, -0.15) is 0 Å². The molecule has 1 aromatic rings. The van der Waals surface area contributed by atoms with Gasteiger partial charge < -0.3 is 4.74 Å². The SMILES string of the molecule is CCc1ccc(C(C)NC(CC(C)C)C(=O)OC)cc1. The van der Waals surface area contributed by atoms with E-state index in [9.17, 15) is 4.79 Å². The zero-order valence-corrected chi connectivity index (χ0v) is 13.3. The van der Waals surface area contributed by atoms with Gasteiger partial charge in [0.05, 0.1) is 7.11 Å². The average Bonchev–Trinajstić information content (AvgIpc) is 2.45. The van der Waals surface area contributed by atoms with Crippen LogP contribution in [0.4, 0.5) is 0 Å². The first kappa shape index (κ1) is 16.7. The van der Waals surface area contributed by atoms with Crippen molar-refractivity contribution in [3.63, 3.8) is 0 Å². The maximum atomic E-state index is 11.8. The lowest BCUT2D eigenvalue weighted by Gasteiger charge is -2.23. The van der Waals surface area contributed by atoms with Gasteiger partial charge in [0.1, 0.15) is 6.04 Å². The summed E-state index contributed by atoms with van der Waals surface area (Å²) >= 11 is 0. The van der Waals surface area contributed by atoms with E-state index in [-0.39, 0.29) is 18.1 Å². The Bertz CT molecular complexity index is 412. The normalized spacial score (nSPS) is 14.1. The predicted molar refractivity (Wildman–Crippen MR) is 82.6 cm³/mol. The van der Waals surface area contributed by atoms with Crippen LogP contribution in [0, 0.1) is 5.92 Å². The second kappa shape index (κ2) is 8.05. The molecule has 0 aliphatic rings. The minimum absolute atomic E-state index is 0.128. The highest BCUT2D eigenvalue weighted by Crippen LogP contribution is 2.17. The van der Waals surface area contributed by atoms with Crippen molar-refractivity contribution in [1.82, 2.24) is 5.32 Å². The number of methoxy groups -OCH3 is 1. The molecule has 112 valence electrons. The Kier molecular flexibility index (Phi) is 6.73. The quantitative estimate of drug-likeness (QED) is 0.775. The Labute approximate surface area is 122 Å². The second-order valence-corrected chi connectivity index (χ2v) is 5.69. The summed E-state index contributed by atoms with van der Waals surface area (Å²) in [5.74, 6) is 0.261. The number of esters is 1. The summed E-state index contributed by atoms with van der Waals surface area (Å²) in [4.78, 5) is 11.8. The zero-order chi connectivity index (χ0) is 15.1. The van der Waals surface area contributed by atoms with E-state index in [1.807, 2.05) is 0 Å². The molecule has 0 saturated heterocycles. The predicted octanol–water partition coefficient (Wildman–Crippen LogP) is 3.49. The molecule has 0 heterocycles. The molecule has 3 heteroatoms. The molecule has 3 nitrogen and oxygen atoms in total. The number of carbonyl (C=O) groups excluding carboxylic acids is 1. The summed E-state index contributed by atoms with van der Waals surface area (Å²) < 4.78 is 4.89. The van der Waals surface area contributed by atoms with Gasteiger partial charge in [0.2, 0.25) is 0 Å². The fraction of sp³-hybridized carbons (Fsp3) is 0.588. The van der Waals surface area contributed by atoms with E-state index < -0.39 is 0 Å². The molecule has 20 heavy (non-hydrogen) atoms. The van der Waals surface area contributed by atoms with Crippen LogP contribution in [0.25, 0.3) is 0 Å². The molecule has 0 aliphatic carbocycles. The molecule has 0 spiro atoms. The monoisotopic (exact) mass is 277 g/mol. The van der Waals surface area contributed by atoms with E-state index in [0.29, 0.717) is 5.92 Å². The van der Waals surface area contributed by atoms with Crippen molar-refractivity contribution in [3.8, 4) is 0 Å². The number of rotatable bonds is 7. The van der Waals surface area contributed by atoms with Crippen molar-refractivity contribution >= 4 is 5.97 Å². The molecule has 0 aliphatic heterocycles. The van der Waals surface area contributed by atoms with Gasteiger partial charge in [-0.25, -0.2) is 0 Å². The van der Waals surface area contributed by atoms with Gasteiger partial charge in [-0.3, -0.25) is 10.1 Å². The van der Waals surface area contributed by atoms with Crippen molar-refractivity contribution in [2.75, 3.05) is 7.11 Å². The number of benzene rings is 1. The number of hydrogen-bond donors (Lipinski definition) is 1. The van der Waals surface area contributed by atoms with E-state index in [0.717, 1.165) is 12.8 Å². The summed E-state index contributed by atoms with van der Waals surface area (Å²) in [5, 5.41) is 3.38. The molecule has 0 saturated carbocycles. The van der Waals surface area contributed by atoms with Gasteiger partial charge in [0, 0.05) is 6.04 Å². The second-order valence-electron chi connectivity index (χ2n) is 5.69. The first-order valence-electron chi connectivity index (χ1n) is 7.40. The summed E-state index contributed by atoms with van der Waals surface area (Å²) in [6.07, 6.45) is 1.82. The third kappa shape index (κ3) is 4.97. The summed E-state index contributed by atoms with van der Waals surface area (Å²) in [7, 11) is 1.44. The summed E-state index contributed by atoms with van der Waals surface area (Å²) in [5.41, 5.74) is 2.52. The lowest BCUT2D eigenvalue weighted by Crippen LogP contribution is -2.40. The van der Waals surface area contributed by atoms with Crippen molar-refractivity contribution in [3.05, 3.63) is 35.4 Å². The van der Waals surface area contributed by atoms with Crippen molar-refractivity contribution in [2.45, 2.75) is 52.6 Å². The highest BCUT2D eigenvalue weighted by Gasteiger charge is 2.22. The third-order valence-corrected chi connectivity index (χ3v) is 3.53. The fourth-order valence-electron chi connectivity index (χ4n) is 2.29. The molecule has 1 rings (SSSR count). The number of hydrogen-bond acceptors (Lipinski definition) is 3. The first-order valence-corrected chi connectivity index (χ1v) is 7.40. The smallest absolute Gasteiger partial charge is 0.322 e. The number of carbonyl (C=O) groups is 1. The highest BCUT2D eigenvalue weighted by molar-refractivity contribution is 5.75. The Hall–Kier alpha value is -1.35. The third-order valence-electron chi connectivity index (χ3n) is 3.53. The number of ether oxygens (including phenoxy) is 1. The van der Waals surface area contributed by atoms with Gasteiger partial charge in [-0.15, -0.1) is 0 Å². The van der Waals surface area contributed by atoms with E-state index in [4.69, 9.17) is 4.74 Å². The molecule has 0 radical (unpaired) electrons. The molecular formula is C17H27NO2. The lowest BCUT2D eigenvalue weighted by atomic mass is 10.0. The standard InChI is InChI=1S/C17H27NO2/c1-6-14-7-9-15(10-8-14)13(4)18-16(11-12(2)3)17(19)20-5/h7-10,12-13,16,18H,6,11H2,1-5H3. The Morgan fingerprint density at radius 1 is 1.20 bits per heavy atom. The van der Waals surface area contributed by atoms with Gasteiger partial charge in [0.25, 0.3) is 0 Å². The Balaban J connectivity index is 2.73. The highest BCUT2D eigenvalue weighted by atomic mass is 16.5. The van der Waals surface area contributed by atoms with Crippen LogP contribution in [0.1, 0.15) is 51.3 Å². The molecule has 1 N–H and O–H groups in total. The number of nitrogens with one attached hydrogen (secondary N) is 1. The van der Waals surface area contributed by atoms with Crippen LogP contribution < -0.4 is 5.32 Å². The van der Waals surface area contributed by atoms with Crippen LogP contribution in [-0.4, -0.2) is 19.1 Å². The molecule has 0 aromatic heterocycles. The van der Waals surface area contributed by atoms with Gasteiger partial charge in [0.15, 0.2) is 0 Å². The molecule has 2 unspecified atom stereocenters. The maximum absolute atomic E-state index is 11.8. The maximum Gasteiger partial charge on any atom is 0.322 e. The van der Waals surface area contributed by atoms with E-state index in [2.05, 4.69) is 57.3 Å². The van der Waals surface area contributed by atoms with Crippen LogP contribution in [0.2, 0.25) is 0 Å². The first-order chi connectivity index (χ1) is 9.47. The van der Waals surface area contributed by atoms with Crippen LogP contribution in [0.15, 0.2) is 24.3 Å². The largest absolute Gasteiger partial charge is 0.468 e. The van der Waals surface area contributed by atoms with Crippen molar-refractivity contribution in [1.29, 1.82) is 0 Å². The van der Waals surface area contributed by atoms with Crippen LogP contribution in [0.3, 0.4) is 0 Å². The molecule has 1 aromatic carbocycles. The van der Waals surface area contributed by atoms with Gasteiger partial charge in [-0.05, 0) is 36.8 Å². The minimum atomic E-state index is -0.249. The number of aryl methyl sites for hydroxylation is 1. The van der Waals surface area contributed by atoms with Crippen molar-refractivity contribution in [2.24, 2.45) is 5.92 Å². The molecule has 0 bridgehead atoms. The van der Waals surface area contributed by atoms with E-state index in [1.165, 1.54) is 18.2 Å². The molecule has 0 amide bonds. The molecule has 2 atom stereocenters. The van der Waals surface area contributed by atoms with Gasteiger partial charge >= 0.3 is 5.97 Å². The summed E-state index contributed by atoms with van der Waals surface area (Å²) in [6.45, 7) is 8.44. The Morgan fingerprint density at radius 2 is 1.80 bits per heavy atom. The topological polar surface area (TPSA) is 38.3 Å². The zero-order valence-electron chi connectivity index (χ0n) is 13.3. The average molecular weight is 277 g/mol. The van der Waals surface area contributed by atoms with Crippen molar-refractivity contribution < 1.29 is 9.53 Å². The fourth-order valence-corrected chi connectivity index (χ4v) is 2.29. The van der Waals surface area contributed by atoms with Gasteiger partial charge in [-0.1, -0.05) is 45.0 Å². The Morgan fingerprint density at radius 3 is 2.25 bits per heavy atom. The van der Waals surface area contributed by atoms with E-state index in [1.54, 1.807) is 0 Å². The van der Waals surface area contributed by atoms with Crippen LogP contribution in [0.5, 0.6) is 0 Å². The van der Waals surface area contributed by atoms with Crippen LogP contribution >= 0.6 is 0 Å². The molecular weight excluding hydrogens is 250 g/mol. The summed E-state index contributed by atoms with van der Waals surface area (Å²) in [6, 6.07) is 8.41. The lowest BCUT2D eigenvalue weighted by molar-refractivity contribution is -0.143. The molecule has 0 fully saturated rings. The van der Waals surface area contributed by atoms with E-state index >= 15 is 0 Å². The minimum Gasteiger partial charge on any atom is -0.468 e. The van der Waals surface area contributed by atoms with Crippen LogP contribution in [-0.2, 0) is 16.0 Å².